The van der Waals surface area contributed by atoms with Gasteiger partial charge < -0.3 is 0 Å². The second kappa shape index (κ2) is 7.82. The van der Waals surface area contributed by atoms with E-state index in [1.807, 2.05) is 18.2 Å². The van der Waals surface area contributed by atoms with Gasteiger partial charge in [-0.15, -0.1) is 10.2 Å². The fraction of sp³-hybridized carbons (Fsp3) is 0. The molecule has 0 unspecified atom stereocenters. The highest BCUT2D eigenvalue weighted by Gasteiger charge is 2.16. The van der Waals surface area contributed by atoms with Gasteiger partial charge in [-0.05, 0) is 54.6 Å². The molecular weight excluding hydrogens is 431 g/mol. The van der Waals surface area contributed by atoms with Gasteiger partial charge in [0, 0.05) is 29.2 Å². The van der Waals surface area contributed by atoms with E-state index >= 15 is 0 Å². The predicted molar refractivity (Wildman–Crippen MR) is 117 cm³/mol. The van der Waals surface area contributed by atoms with E-state index in [1.165, 1.54) is 18.2 Å². The molecule has 0 atom stereocenters. The Morgan fingerprint density at radius 2 is 1.66 bits per heavy atom. The van der Waals surface area contributed by atoms with Crippen LogP contribution in [0.25, 0.3) is 28.3 Å². The summed E-state index contributed by atoms with van der Waals surface area (Å²) in [6.07, 6.45) is 3.32. The van der Waals surface area contributed by atoms with E-state index in [4.69, 9.17) is 0 Å². The number of nitrogens with zero attached hydrogens (tertiary/aromatic N) is 5. The molecule has 0 amide bonds. The molecule has 5 aromatic rings. The number of hydrogen-bond donors (Lipinski definition) is 1. The van der Waals surface area contributed by atoms with Crippen LogP contribution in [0.15, 0.2) is 90.1 Å². The number of rotatable bonds is 5. The van der Waals surface area contributed by atoms with Gasteiger partial charge in [0.25, 0.3) is 10.0 Å². The van der Waals surface area contributed by atoms with Gasteiger partial charge >= 0.3 is 0 Å². The van der Waals surface area contributed by atoms with Crippen LogP contribution in [0.3, 0.4) is 0 Å². The van der Waals surface area contributed by atoms with Gasteiger partial charge in [-0.3, -0.25) is 9.71 Å². The van der Waals surface area contributed by atoms with Gasteiger partial charge in [0.05, 0.1) is 10.6 Å². The predicted octanol–water partition coefficient (Wildman–Crippen LogP) is 3.79. The fourth-order valence-corrected chi connectivity index (χ4v) is 4.29. The van der Waals surface area contributed by atoms with E-state index in [9.17, 15) is 12.8 Å². The van der Waals surface area contributed by atoms with Gasteiger partial charge in [0.15, 0.2) is 11.5 Å². The van der Waals surface area contributed by atoms with Crippen LogP contribution in [0.4, 0.5) is 10.1 Å². The topological polar surface area (TPSA) is 102 Å². The molecule has 5 rings (SSSR count). The van der Waals surface area contributed by atoms with E-state index in [2.05, 4.69) is 25.0 Å². The first-order valence-corrected chi connectivity index (χ1v) is 11.0. The zero-order valence-electron chi connectivity index (χ0n) is 16.4. The van der Waals surface area contributed by atoms with Crippen LogP contribution in [0, 0.1) is 5.82 Å². The maximum atomic E-state index is 13.5. The molecule has 1 N–H and O–H groups in total. The van der Waals surface area contributed by atoms with Crippen molar-refractivity contribution < 1.29 is 12.8 Å². The van der Waals surface area contributed by atoms with Gasteiger partial charge in [-0.2, -0.15) is 9.61 Å². The van der Waals surface area contributed by atoms with Crippen LogP contribution >= 0.6 is 0 Å². The van der Waals surface area contributed by atoms with Crippen molar-refractivity contribution in [2.24, 2.45) is 0 Å². The minimum atomic E-state index is -3.94. The molecule has 32 heavy (non-hydrogen) atoms. The van der Waals surface area contributed by atoms with Crippen molar-refractivity contribution in [1.29, 1.82) is 0 Å². The summed E-state index contributed by atoms with van der Waals surface area (Å²) in [4.78, 5) is 3.85. The lowest BCUT2D eigenvalue weighted by atomic mass is 10.1. The largest absolute Gasteiger partial charge is 0.280 e. The number of anilines is 1. The third-order valence-corrected chi connectivity index (χ3v) is 6.10. The summed E-state index contributed by atoms with van der Waals surface area (Å²) in [7, 11) is -3.94. The van der Waals surface area contributed by atoms with E-state index < -0.39 is 15.8 Å². The van der Waals surface area contributed by atoms with E-state index in [-0.39, 0.29) is 4.90 Å². The number of pyridine rings is 1. The fourth-order valence-electron chi connectivity index (χ4n) is 3.21. The van der Waals surface area contributed by atoms with Crippen molar-refractivity contribution in [3.63, 3.8) is 0 Å². The molecule has 0 spiro atoms. The van der Waals surface area contributed by atoms with E-state index in [0.29, 0.717) is 28.4 Å². The maximum Gasteiger partial charge on any atom is 0.261 e. The van der Waals surface area contributed by atoms with Crippen molar-refractivity contribution in [2.45, 2.75) is 4.90 Å². The third-order valence-electron chi connectivity index (χ3n) is 4.72. The molecule has 158 valence electrons. The minimum absolute atomic E-state index is 0.158. The second-order valence-corrected chi connectivity index (χ2v) is 8.57. The Balaban J connectivity index is 1.50. The Morgan fingerprint density at radius 1 is 0.844 bits per heavy atom. The van der Waals surface area contributed by atoms with Gasteiger partial charge in [0.1, 0.15) is 5.82 Å². The van der Waals surface area contributed by atoms with Crippen molar-refractivity contribution >= 4 is 21.4 Å². The molecule has 0 radical (unpaired) electrons. The highest BCUT2D eigenvalue weighted by Crippen LogP contribution is 2.25. The summed E-state index contributed by atoms with van der Waals surface area (Å²) in [5.41, 5.74) is 2.99. The number of nitrogens with one attached hydrogen (secondary N) is 1. The molecule has 3 aromatic heterocycles. The first kappa shape index (κ1) is 19.8. The molecule has 0 aliphatic rings. The molecule has 0 saturated carbocycles. The lowest BCUT2D eigenvalue weighted by Crippen LogP contribution is -2.13. The maximum absolute atomic E-state index is 13.5. The van der Waals surface area contributed by atoms with Gasteiger partial charge in [0.2, 0.25) is 0 Å². The van der Waals surface area contributed by atoms with Gasteiger partial charge in [-0.25, -0.2) is 12.8 Å². The number of fused-ring (bicyclic) bond motifs is 1. The Bertz CT molecular complexity index is 1540. The highest BCUT2D eigenvalue weighted by molar-refractivity contribution is 7.92. The van der Waals surface area contributed by atoms with Crippen molar-refractivity contribution in [3.8, 4) is 22.6 Å². The van der Waals surface area contributed by atoms with Crippen LogP contribution in [0.2, 0.25) is 0 Å². The van der Waals surface area contributed by atoms with Crippen LogP contribution < -0.4 is 4.72 Å². The van der Waals surface area contributed by atoms with Crippen molar-refractivity contribution in [3.05, 3.63) is 91.0 Å². The lowest BCUT2D eigenvalue weighted by molar-refractivity contribution is 0.595. The first-order chi connectivity index (χ1) is 15.5. The molecule has 0 saturated heterocycles. The second-order valence-electron chi connectivity index (χ2n) is 6.89. The summed E-state index contributed by atoms with van der Waals surface area (Å²) in [5, 5.41) is 13.0. The molecule has 0 bridgehead atoms. The Labute approximate surface area is 182 Å². The average molecular weight is 446 g/mol. The Kier molecular flexibility index (Phi) is 4.83. The van der Waals surface area contributed by atoms with E-state index in [0.717, 1.165) is 11.6 Å². The smallest absolute Gasteiger partial charge is 0.261 e. The number of aromatic nitrogens is 5. The molecule has 0 aliphatic heterocycles. The third kappa shape index (κ3) is 3.79. The summed E-state index contributed by atoms with van der Waals surface area (Å²) < 4.78 is 42.8. The van der Waals surface area contributed by atoms with Crippen LogP contribution in [0.1, 0.15) is 0 Å². The normalized spacial score (nSPS) is 11.5. The monoisotopic (exact) mass is 446 g/mol. The first-order valence-electron chi connectivity index (χ1n) is 9.51. The molecule has 0 fully saturated rings. The highest BCUT2D eigenvalue weighted by atomic mass is 32.2. The summed E-state index contributed by atoms with van der Waals surface area (Å²) in [6, 6.07) is 18.8. The number of benzene rings is 2. The van der Waals surface area contributed by atoms with Crippen molar-refractivity contribution in [1.82, 2.24) is 24.8 Å². The molecule has 10 heteroatoms. The Hall–Kier alpha value is -4.18. The number of halogens is 1. The number of sulfonamides is 1. The van der Waals surface area contributed by atoms with Crippen molar-refractivity contribution in [2.75, 3.05) is 4.72 Å². The summed E-state index contributed by atoms with van der Waals surface area (Å²) in [5.74, 6) is -0.0646. The zero-order chi connectivity index (χ0) is 22.1. The summed E-state index contributed by atoms with van der Waals surface area (Å²) >= 11 is 0. The Morgan fingerprint density at radius 3 is 2.47 bits per heavy atom. The molecule has 0 aliphatic carbocycles. The molecule has 3 heterocycles. The standard InChI is InChI=1S/C22H15FN6O2S/c23-17-4-2-6-19(14-17)32(30,31)28-18-5-1-3-16(13-18)20-7-8-21-25-26-22(29(21)27-20)15-9-11-24-12-10-15/h1-14,28H. The van der Waals surface area contributed by atoms with Crippen LogP contribution in [-0.4, -0.2) is 33.2 Å². The zero-order valence-corrected chi connectivity index (χ0v) is 17.2. The van der Waals surface area contributed by atoms with Crippen LogP contribution in [-0.2, 0) is 10.0 Å². The molecular formula is C22H15FN6O2S. The molecule has 8 nitrogen and oxygen atoms in total. The van der Waals surface area contributed by atoms with Crippen LogP contribution in [0.5, 0.6) is 0 Å². The van der Waals surface area contributed by atoms with E-state index in [1.54, 1.807) is 47.2 Å². The average Bonchev–Trinajstić information content (AvgIpc) is 3.23. The molecule has 2 aromatic carbocycles. The number of hydrogen-bond acceptors (Lipinski definition) is 6. The SMILES string of the molecule is O=S(=O)(Nc1cccc(-c2ccc3nnc(-c4ccncc4)n3n2)c1)c1cccc(F)c1. The quantitative estimate of drug-likeness (QED) is 0.441. The summed E-state index contributed by atoms with van der Waals surface area (Å²) in [6.45, 7) is 0. The van der Waals surface area contributed by atoms with Gasteiger partial charge in [-0.1, -0.05) is 18.2 Å². The lowest BCUT2D eigenvalue weighted by Gasteiger charge is -2.10. The minimum Gasteiger partial charge on any atom is -0.280 e.